The highest BCUT2D eigenvalue weighted by Gasteiger charge is 2.09. The van der Waals surface area contributed by atoms with Crippen LogP contribution in [0.25, 0.3) is 21.0 Å². The number of carbonyl (C=O) groups excluding carboxylic acids is 1. The Morgan fingerprint density at radius 3 is 2.75 bits per heavy atom. The molecule has 1 heterocycles. The third-order valence-corrected chi connectivity index (χ3v) is 5.20. The Hall–Kier alpha value is -2.24. The van der Waals surface area contributed by atoms with Crippen LogP contribution in [0.4, 0.5) is 5.13 Å². The number of carbonyl (C=O) groups is 1. The van der Waals surface area contributed by atoms with Crippen LogP contribution in [-0.4, -0.2) is 10.9 Å². The SMILES string of the molecule is O=C(Cc1ccc2ccccc2c1)Nc1nc2ccc(Br)cc2s1. The molecule has 4 aromatic rings. The molecule has 0 unspecified atom stereocenters. The summed E-state index contributed by atoms with van der Waals surface area (Å²) in [6, 6.07) is 20.1. The number of nitrogens with zero attached hydrogens (tertiary/aromatic N) is 1. The Morgan fingerprint density at radius 2 is 1.88 bits per heavy atom. The topological polar surface area (TPSA) is 42.0 Å². The third-order valence-electron chi connectivity index (χ3n) is 3.78. The number of nitrogens with one attached hydrogen (secondary N) is 1. The molecule has 3 nitrogen and oxygen atoms in total. The van der Waals surface area contributed by atoms with Crippen molar-refractivity contribution in [2.45, 2.75) is 6.42 Å². The molecule has 3 aromatic carbocycles. The van der Waals surface area contributed by atoms with Crippen LogP contribution >= 0.6 is 27.3 Å². The van der Waals surface area contributed by atoms with E-state index in [4.69, 9.17) is 0 Å². The van der Waals surface area contributed by atoms with Crippen molar-refractivity contribution in [3.63, 3.8) is 0 Å². The van der Waals surface area contributed by atoms with Gasteiger partial charge in [0, 0.05) is 4.47 Å². The number of rotatable bonds is 3. The second-order valence-electron chi connectivity index (χ2n) is 5.54. The molecule has 5 heteroatoms. The van der Waals surface area contributed by atoms with Crippen molar-refractivity contribution in [3.8, 4) is 0 Å². The predicted octanol–water partition coefficient (Wildman–Crippen LogP) is 5.39. The summed E-state index contributed by atoms with van der Waals surface area (Å²) in [4.78, 5) is 16.8. The lowest BCUT2D eigenvalue weighted by molar-refractivity contribution is -0.115. The standard InChI is InChI=1S/C19H13BrN2OS/c20-15-7-8-16-17(11-15)24-19(21-16)22-18(23)10-12-5-6-13-3-1-2-4-14(13)9-12/h1-9,11H,10H2,(H,21,22,23). The maximum absolute atomic E-state index is 12.3. The van der Waals surface area contributed by atoms with Gasteiger partial charge in [-0.2, -0.15) is 0 Å². The van der Waals surface area contributed by atoms with Crippen LogP contribution in [0.5, 0.6) is 0 Å². The van der Waals surface area contributed by atoms with E-state index in [1.807, 2.05) is 42.5 Å². The molecule has 0 bridgehead atoms. The van der Waals surface area contributed by atoms with Crippen molar-refractivity contribution in [1.29, 1.82) is 0 Å². The molecule has 1 N–H and O–H groups in total. The van der Waals surface area contributed by atoms with Gasteiger partial charge < -0.3 is 5.32 Å². The van der Waals surface area contributed by atoms with E-state index < -0.39 is 0 Å². The van der Waals surface area contributed by atoms with Crippen LogP contribution in [0.3, 0.4) is 0 Å². The summed E-state index contributed by atoms with van der Waals surface area (Å²) in [5.41, 5.74) is 1.89. The van der Waals surface area contributed by atoms with Crippen LogP contribution in [-0.2, 0) is 11.2 Å². The molecule has 4 rings (SSSR count). The van der Waals surface area contributed by atoms with Gasteiger partial charge in [-0.05, 0) is 34.5 Å². The Morgan fingerprint density at radius 1 is 1.04 bits per heavy atom. The van der Waals surface area contributed by atoms with Crippen LogP contribution in [0, 0.1) is 0 Å². The van der Waals surface area contributed by atoms with E-state index in [9.17, 15) is 4.79 Å². The number of thiazole rings is 1. The van der Waals surface area contributed by atoms with Gasteiger partial charge in [0.2, 0.25) is 5.91 Å². The average molecular weight is 397 g/mol. The monoisotopic (exact) mass is 396 g/mol. The number of anilines is 1. The highest BCUT2D eigenvalue weighted by atomic mass is 79.9. The van der Waals surface area contributed by atoms with Gasteiger partial charge in [-0.1, -0.05) is 69.7 Å². The van der Waals surface area contributed by atoms with E-state index in [1.165, 1.54) is 16.7 Å². The van der Waals surface area contributed by atoms with Gasteiger partial charge >= 0.3 is 0 Å². The normalized spacial score (nSPS) is 11.0. The largest absolute Gasteiger partial charge is 0.302 e. The highest BCUT2D eigenvalue weighted by molar-refractivity contribution is 9.10. The second-order valence-corrected chi connectivity index (χ2v) is 7.48. The number of fused-ring (bicyclic) bond motifs is 2. The summed E-state index contributed by atoms with van der Waals surface area (Å²) in [7, 11) is 0. The molecule has 0 aliphatic rings. The molecule has 0 saturated carbocycles. The number of hydrogen-bond donors (Lipinski definition) is 1. The Labute approximate surface area is 151 Å². The van der Waals surface area contributed by atoms with E-state index >= 15 is 0 Å². The molecule has 1 amide bonds. The van der Waals surface area contributed by atoms with Gasteiger partial charge in [0.15, 0.2) is 5.13 Å². The Bertz CT molecular complexity index is 1060. The molecule has 0 spiro atoms. The Balaban J connectivity index is 1.52. The number of hydrogen-bond acceptors (Lipinski definition) is 3. The van der Waals surface area contributed by atoms with E-state index in [0.717, 1.165) is 25.6 Å². The van der Waals surface area contributed by atoms with Crippen molar-refractivity contribution < 1.29 is 4.79 Å². The molecule has 1 aromatic heterocycles. The van der Waals surface area contributed by atoms with E-state index in [0.29, 0.717) is 11.6 Å². The summed E-state index contributed by atoms with van der Waals surface area (Å²) in [5.74, 6) is -0.0524. The van der Waals surface area contributed by atoms with Crippen molar-refractivity contribution in [1.82, 2.24) is 4.98 Å². The van der Waals surface area contributed by atoms with Crippen LogP contribution in [0.15, 0.2) is 65.1 Å². The number of halogens is 1. The number of amides is 1. The molecule has 24 heavy (non-hydrogen) atoms. The first-order valence-corrected chi connectivity index (χ1v) is 9.12. The van der Waals surface area contributed by atoms with Gasteiger partial charge in [-0.15, -0.1) is 0 Å². The summed E-state index contributed by atoms with van der Waals surface area (Å²) in [5, 5.41) is 5.86. The van der Waals surface area contributed by atoms with E-state index in [1.54, 1.807) is 0 Å². The zero-order valence-electron chi connectivity index (χ0n) is 12.6. The molecular formula is C19H13BrN2OS. The van der Waals surface area contributed by atoms with Gasteiger partial charge in [0.25, 0.3) is 0 Å². The molecule has 0 saturated heterocycles. The summed E-state index contributed by atoms with van der Waals surface area (Å²) < 4.78 is 2.05. The lowest BCUT2D eigenvalue weighted by Crippen LogP contribution is -2.14. The van der Waals surface area contributed by atoms with Gasteiger partial charge in [0.1, 0.15) is 0 Å². The number of aromatic nitrogens is 1. The first kappa shape index (κ1) is 15.3. The quantitative estimate of drug-likeness (QED) is 0.504. The fraction of sp³-hybridized carbons (Fsp3) is 0.0526. The minimum Gasteiger partial charge on any atom is -0.302 e. The fourth-order valence-electron chi connectivity index (χ4n) is 2.65. The highest BCUT2D eigenvalue weighted by Crippen LogP contribution is 2.28. The van der Waals surface area contributed by atoms with Crippen molar-refractivity contribution >= 4 is 59.3 Å². The van der Waals surface area contributed by atoms with Crippen LogP contribution in [0.1, 0.15) is 5.56 Å². The zero-order valence-corrected chi connectivity index (χ0v) is 15.0. The lowest BCUT2D eigenvalue weighted by Gasteiger charge is -2.04. The molecule has 0 aliphatic heterocycles. The zero-order chi connectivity index (χ0) is 16.5. The van der Waals surface area contributed by atoms with Crippen molar-refractivity contribution in [2.24, 2.45) is 0 Å². The van der Waals surface area contributed by atoms with Crippen LogP contribution in [0.2, 0.25) is 0 Å². The molecular weight excluding hydrogens is 384 g/mol. The Kier molecular flexibility index (Phi) is 4.04. The van der Waals surface area contributed by atoms with Gasteiger partial charge in [0.05, 0.1) is 16.6 Å². The molecule has 118 valence electrons. The smallest absolute Gasteiger partial charge is 0.230 e. The van der Waals surface area contributed by atoms with Gasteiger partial charge in [-0.3, -0.25) is 4.79 Å². The van der Waals surface area contributed by atoms with E-state index in [-0.39, 0.29) is 5.91 Å². The fourth-order valence-corrected chi connectivity index (χ4v) is 4.08. The summed E-state index contributed by atoms with van der Waals surface area (Å²) >= 11 is 4.93. The summed E-state index contributed by atoms with van der Waals surface area (Å²) in [6.45, 7) is 0. The van der Waals surface area contributed by atoms with Crippen LogP contribution < -0.4 is 5.32 Å². The molecule has 0 radical (unpaired) electrons. The maximum Gasteiger partial charge on any atom is 0.230 e. The van der Waals surface area contributed by atoms with Crippen molar-refractivity contribution in [2.75, 3.05) is 5.32 Å². The molecule has 0 atom stereocenters. The minimum absolute atomic E-state index is 0.0524. The average Bonchev–Trinajstić information content (AvgIpc) is 2.95. The third kappa shape index (κ3) is 3.18. The van der Waals surface area contributed by atoms with E-state index in [2.05, 4.69) is 44.4 Å². The van der Waals surface area contributed by atoms with Crippen molar-refractivity contribution in [3.05, 3.63) is 70.7 Å². The summed E-state index contributed by atoms with van der Waals surface area (Å²) in [6.07, 6.45) is 0.338. The first-order chi connectivity index (χ1) is 11.7. The lowest BCUT2D eigenvalue weighted by atomic mass is 10.1. The predicted molar refractivity (Wildman–Crippen MR) is 104 cm³/mol. The first-order valence-electron chi connectivity index (χ1n) is 7.51. The molecule has 0 aliphatic carbocycles. The minimum atomic E-state index is -0.0524. The maximum atomic E-state index is 12.3. The number of benzene rings is 3. The second kappa shape index (κ2) is 6.34. The molecule has 0 fully saturated rings. The van der Waals surface area contributed by atoms with Gasteiger partial charge in [-0.25, -0.2) is 4.98 Å².